The highest BCUT2D eigenvalue weighted by molar-refractivity contribution is 6.00. The van der Waals surface area contributed by atoms with Crippen LogP contribution in [0.2, 0.25) is 0 Å². The van der Waals surface area contributed by atoms with Crippen molar-refractivity contribution < 1.29 is 4.79 Å². The molecule has 0 aliphatic rings. The Morgan fingerprint density at radius 2 is 2.10 bits per heavy atom. The lowest BCUT2D eigenvalue weighted by molar-refractivity contribution is 0.0956. The van der Waals surface area contributed by atoms with Crippen LogP contribution in [0.4, 0.5) is 11.4 Å². The quantitative estimate of drug-likeness (QED) is 0.665. The summed E-state index contributed by atoms with van der Waals surface area (Å²) in [6, 6.07) is 5.60. The van der Waals surface area contributed by atoms with Crippen molar-refractivity contribution in [3.05, 3.63) is 23.8 Å². The molecule has 0 saturated carbocycles. The molecule has 0 saturated heterocycles. The van der Waals surface area contributed by atoms with Gasteiger partial charge in [-0.05, 0) is 59.1 Å². The summed E-state index contributed by atoms with van der Waals surface area (Å²) in [5, 5.41) is 6.20. The number of benzene rings is 1. The van der Waals surface area contributed by atoms with E-state index in [0.717, 1.165) is 18.7 Å². The molecule has 0 aliphatic carbocycles. The van der Waals surface area contributed by atoms with E-state index in [1.54, 1.807) is 12.1 Å². The first-order chi connectivity index (χ1) is 9.43. The number of nitrogens with zero attached hydrogens (tertiary/aromatic N) is 1. The normalized spacial score (nSPS) is 12.2. The van der Waals surface area contributed by atoms with Crippen LogP contribution in [0.15, 0.2) is 18.2 Å². The fourth-order valence-corrected chi connectivity index (χ4v) is 1.92. The third kappa shape index (κ3) is 5.09. The Morgan fingerprint density at radius 1 is 1.40 bits per heavy atom. The van der Waals surface area contributed by atoms with Crippen LogP contribution in [0.1, 0.15) is 30.6 Å². The largest absolute Gasteiger partial charge is 0.399 e. The average Bonchev–Trinajstić information content (AvgIpc) is 2.36. The number of hydrogen-bond acceptors (Lipinski definition) is 4. The zero-order valence-electron chi connectivity index (χ0n) is 12.9. The summed E-state index contributed by atoms with van der Waals surface area (Å²) >= 11 is 0. The van der Waals surface area contributed by atoms with E-state index >= 15 is 0 Å². The molecule has 0 radical (unpaired) electrons. The van der Waals surface area contributed by atoms with Crippen LogP contribution >= 0.6 is 0 Å². The first-order valence-corrected chi connectivity index (χ1v) is 7.03. The lowest BCUT2D eigenvalue weighted by atomic mass is 10.1. The second-order valence-corrected chi connectivity index (χ2v) is 5.30. The van der Waals surface area contributed by atoms with Crippen molar-refractivity contribution in [2.24, 2.45) is 0 Å². The zero-order valence-corrected chi connectivity index (χ0v) is 12.9. The number of nitrogens with two attached hydrogens (primary N) is 1. The smallest absolute Gasteiger partial charge is 0.253 e. The van der Waals surface area contributed by atoms with Crippen LogP contribution in [-0.2, 0) is 0 Å². The molecule has 0 spiro atoms. The van der Waals surface area contributed by atoms with Crippen molar-refractivity contribution in [3.8, 4) is 0 Å². The lowest BCUT2D eigenvalue weighted by Crippen LogP contribution is -2.27. The minimum Gasteiger partial charge on any atom is -0.399 e. The van der Waals surface area contributed by atoms with Gasteiger partial charge in [-0.25, -0.2) is 0 Å². The lowest BCUT2D eigenvalue weighted by Gasteiger charge is -2.20. The predicted molar refractivity (Wildman–Crippen MR) is 85.1 cm³/mol. The van der Waals surface area contributed by atoms with Gasteiger partial charge < -0.3 is 21.3 Å². The minimum atomic E-state index is -0.0743. The molecule has 5 nitrogen and oxygen atoms in total. The summed E-state index contributed by atoms with van der Waals surface area (Å²) < 4.78 is 0. The van der Waals surface area contributed by atoms with Crippen LogP contribution in [0.3, 0.4) is 0 Å². The van der Waals surface area contributed by atoms with Crippen molar-refractivity contribution >= 4 is 17.3 Å². The van der Waals surface area contributed by atoms with Gasteiger partial charge in [0.15, 0.2) is 0 Å². The van der Waals surface area contributed by atoms with Gasteiger partial charge >= 0.3 is 0 Å². The van der Waals surface area contributed by atoms with E-state index in [0.29, 0.717) is 17.8 Å². The van der Waals surface area contributed by atoms with Gasteiger partial charge in [0.1, 0.15) is 0 Å². The summed E-state index contributed by atoms with van der Waals surface area (Å²) in [5.74, 6) is -0.0743. The highest BCUT2D eigenvalue weighted by Crippen LogP contribution is 2.20. The van der Waals surface area contributed by atoms with E-state index in [-0.39, 0.29) is 11.9 Å². The summed E-state index contributed by atoms with van der Waals surface area (Å²) in [6.45, 7) is 5.61. The van der Waals surface area contributed by atoms with Gasteiger partial charge in [-0.15, -0.1) is 0 Å². The average molecular weight is 278 g/mol. The molecule has 112 valence electrons. The third-order valence-corrected chi connectivity index (χ3v) is 3.04. The molecule has 1 rings (SSSR count). The maximum Gasteiger partial charge on any atom is 0.253 e. The third-order valence-electron chi connectivity index (χ3n) is 3.04. The molecule has 1 atom stereocenters. The Balaban J connectivity index is 2.81. The molecule has 0 aliphatic heterocycles. The van der Waals surface area contributed by atoms with Gasteiger partial charge in [-0.2, -0.15) is 0 Å². The molecular weight excluding hydrogens is 252 g/mol. The molecule has 0 aromatic heterocycles. The number of nitrogen functional groups attached to an aromatic ring is 1. The Hall–Kier alpha value is -1.75. The predicted octanol–water partition coefficient (Wildman–Crippen LogP) is 1.77. The summed E-state index contributed by atoms with van der Waals surface area (Å²) in [4.78, 5) is 14.2. The number of amides is 1. The van der Waals surface area contributed by atoms with Crippen molar-refractivity contribution in [1.82, 2.24) is 10.2 Å². The van der Waals surface area contributed by atoms with E-state index in [4.69, 9.17) is 5.73 Å². The van der Waals surface area contributed by atoms with E-state index in [1.807, 2.05) is 27.1 Å². The Bertz CT molecular complexity index is 445. The van der Waals surface area contributed by atoms with E-state index < -0.39 is 0 Å². The molecule has 20 heavy (non-hydrogen) atoms. The highest BCUT2D eigenvalue weighted by atomic mass is 16.1. The van der Waals surface area contributed by atoms with Crippen LogP contribution in [0.25, 0.3) is 0 Å². The van der Waals surface area contributed by atoms with Gasteiger partial charge in [0.2, 0.25) is 0 Å². The number of rotatable bonds is 7. The Morgan fingerprint density at radius 3 is 2.70 bits per heavy atom. The van der Waals surface area contributed by atoms with Gasteiger partial charge in [-0.1, -0.05) is 0 Å². The van der Waals surface area contributed by atoms with Crippen LogP contribution in [-0.4, -0.2) is 44.0 Å². The standard InChI is InChI=1S/C15H26N4O/c1-5-17-15(20)13-7-6-12(16)10-14(13)18-11(2)8-9-19(3)4/h6-7,10-11,18H,5,8-9,16H2,1-4H3,(H,17,20). The van der Waals surface area contributed by atoms with E-state index in [2.05, 4.69) is 22.5 Å². The molecule has 0 fully saturated rings. The van der Waals surface area contributed by atoms with Gasteiger partial charge in [0.25, 0.3) is 5.91 Å². The fourth-order valence-electron chi connectivity index (χ4n) is 1.92. The molecule has 1 aromatic rings. The maximum atomic E-state index is 12.0. The van der Waals surface area contributed by atoms with Gasteiger partial charge in [0, 0.05) is 24.0 Å². The number of carbonyl (C=O) groups is 1. The van der Waals surface area contributed by atoms with Crippen molar-refractivity contribution in [2.45, 2.75) is 26.3 Å². The molecule has 1 unspecified atom stereocenters. The first-order valence-electron chi connectivity index (χ1n) is 7.03. The summed E-state index contributed by atoms with van der Waals surface area (Å²) in [7, 11) is 4.10. The second kappa shape index (κ2) is 7.75. The number of carbonyl (C=O) groups excluding carboxylic acids is 1. The second-order valence-electron chi connectivity index (χ2n) is 5.30. The minimum absolute atomic E-state index is 0.0743. The SMILES string of the molecule is CCNC(=O)c1ccc(N)cc1NC(C)CCN(C)C. The number of anilines is 2. The first kappa shape index (κ1) is 16.3. The summed E-state index contributed by atoms with van der Waals surface area (Å²) in [6.07, 6.45) is 0.997. The van der Waals surface area contributed by atoms with Crippen molar-refractivity contribution in [3.63, 3.8) is 0 Å². The van der Waals surface area contributed by atoms with Gasteiger partial charge in [-0.3, -0.25) is 4.79 Å². The molecule has 4 N–H and O–H groups in total. The number of nitrogens with one attached hydrogen (secondary N) is 2. The highest BCUT2D eigenvalue weighted by Gasteiger charge is 2.13. The van der Waals surface area contributed by atoms with Crippen LogP contribution < -0.4 is 16.4 Å². The monoisotopic (exact) mass is 278 g/mol. The Labute approximate surface area is 121 Å². The number of hydrogen-bond donors (Lipinski definition) is 3. The molecule has 0 bridgehead atoms. The molecule has 5 heteroatoms. The summed E-state index contributed by atoms with van der Waals surface area (Å²) in [5.41, 5.74) is 7.90. The zero-order chi connectivity index (χ0) is 15.1. The van der Waals surface area contributed by atoms with Crippen LogP contribution in [0.5, 0.6) is 0 Å². The van der Waals surface area contributed by atoms with Gasteiger partial charge in [0.05, 0.1) is 5.56 Å². The van der Waals surface area contributed by atoms with Crippen molar-refractivity contribution in [2.75, 3.05) is 38.2 Å². The maximum absolute atomic E-state index is 12.0. The topological polar surface area (TPSA) is 70.4 Å². The molecule has 0 heterocycles. The molecule has 1 amide bonds. The van der Waals surface area contributed by atoms with E-state index in [9.17, 15) is 4.79 Å². The fraction of sp³-hybridized carbons (Fsp3) is 0.533. The molecular formula is C15H26N4O. The molecule has 1 aromatic carbocycles. The Kier molecular flexibility index (Phi) is 6.31. The van der Waals surface area contributed by atoms with Crippen molar-refractivity contribution in [1.29, 1.82) is 0 Å². The van der Waals surface area contributed by atoms with E-state index in [1.165, 1.54) is 0 Å². The van der Waals surface area contributed by atoms with Crippen LogP contribution in [0, 0.1) is 0 Å².